The van der Waals surface area contributed by atoms with E-state index in [4.69, 9.17) is 5.73 Å². The Balaban J connectivity index is 1.55. The maximum Gasteiger partial charge on any atom is 0.253 e. The SMILES string of the molecule is CN(C)[C@H]1CCCN(C(=O)c2ccc(-c3ccc4nccc(N)c4c3)cc2)C1. The van der Waals surface area contributed by atoms with Gasteiger partial charge in [0.05, 0.1) is 5.52 Å². The zero-order valence-electron chi connectivity index (χ0n) is 16.4. The zero-order chi connectivity index (χ0) is 19.7. The number of nitrogens with zero attached hydrogens (tertiary/aromatic N) is 3. The Morgan fingerprint density at radius 3 is 2.61 bits per heavy atom. The highest BCUT2D eigenvalue weighted by molar-refractivity contribution is 5.96. The normalized spacial score (nSPS) is 17.2. The largest absolute Gasteiger partial charge is 0.398 e. The zero-order valence-corrected chi connectivity index (χ0v) is 16.4. The number of benzene rings is 2. The van der Waals surface area contributed by atoms with Gasteiger partial charge in [0.25, 0.3) is 5.91 Å². The number of anilines is 1. The predicted molar refractivity (Wildman–Crippen MR) is 114 cm³/mol. The van der Waals surface area contributed by atoms with E-state index in [0.717, 1.165) is 59.2 Å². The number of fused-ring (bicyclic) bond motifs is 1. The molecule has 1 amide bonds. The van der Waals surface area contributed by atoms with Crippen LogP contribution in [0.15, 0.2) is 54.7 Å². The molecule has 1 fully saturated rings. The summed E-state index contributed by atoms with van der Waals surface area (Å²) in [5, 5.41) is 0.947. The molecular formula is C23H26N4O. The average Bonchev–Trinajstić information content (AvgIpc) is 2.73. The lowest BCUT2D eigenvalue weighted by Gasteiger charge is -2.36. The Hall–Kier alpha value is -2.92. The van der Waals surface area contributed by atoms with Gasteiger partial charge in [0.1, 0.15) is 0 Å². The third kappa shape index (κ3) is 3.58. The molecule has 1 aliphatic rings. The summed E-state index contributed by atoms with van der Waals surface area (Å²) in [6, 6.07) is 16.2. The van der Waals surface area contributed by atoms with Crippen molar-refractivity contribution >= 4 is 22.5 Å². The Morgan fingerprint density at radius 2 is 1.86 bits per heavy atom. The molecule has 5 nitrogen and oxygen atoms in total. The van der Waals surface area contributed by atoms with Crippen molar-refractivity contribution < 1.29 is 4.79 Å². The third-order valence-corrected chi connectivity index (χ3v) is 5.65. The van der Waals surface area contributed by atoms with Crippen LogP contribution in [0.5, 0.6) is 0 Å². The monoisotopic (exact) mass is 374 g/mol. The summed E-state index contributed by atoms with van der Waals surface area (Å²) in [6.45, 7) is 1.63. The summed E-state index contributed by atoms with van der Waals surface area (Å²) in [5.41, 5.74) is 10.6. The van der Waals surface area contributed by atoms with Crippen molar-refractivity contribution in [2.24, 2.45) is 0 Å². The Bertz CT molecular complexity index is 997. The van der Waals surface area contributed by atoms with Crippen LogP contribution in [0.1, 0.15) is 23.2 Å². The number of likely N-dealkylation sites (N-methyl/N-ethyl adjacent to an activating group) is 1. The molecule has 5 heteroatoms. The molecule has 2 aromatic carbocycles. The molecule has 1 aromatic heterocycles. The Labute approximate surface area is 165 Å². The summed E-state index contributed by atoms with van der Waals surface area (Å²) in [7, 11) is 4.17. The van der Waals surface area contributed by atoms with Gasteiger partial charge in [-0.3, -0.25) is 9.78 Å². The Kier molecular flexibility index (Phi) is 5.01. The first-order chi connectivity index (χ1) is 13.5. The van der Waals surface area contributed by atoms with Crippen LogP contribution in [0.25, 0.3) is 22.0 Å². The number of nitrogen functional groups attached to an aromatic ring is 1. The quantitative estimate of drug-likeness (QED) is 0.760. The number of hydrogen-bond acceptors (Lipinski definition) is 4. The van der Waals surface area contributed by atoms with Gasteiger partial charge in [-0.15, -0.1) is 0 Å². The third-order valence-electron chi connectivity index (χ3n) is 5.65. The standard InChI is InChI=1S/C23H26N4O/c1-26(2)19-4-3-13-27(15-19)23(28)17-7-5-16(6-8-17)18-9-10-22-20(14-18)21(24)11-12-25-22/h5-12,14,19H,3-4,13,15H2,1-2H3,(H2,24,25)/t19-/m0/s1. The van der Waals surface area contributed by atoms with E-state index in [1.54, 1.807) is 6.20 Å². The predicted octanol–water partition coefficient (Wildman–Crippen LogP) is 3.65. The van der Waals surface area contributed by atoms with Gasteiger partial charge in [0, 0.05) is 42.0 Å². The summed E-state index contributed by atoms with van der Waals surface area (Å²) in [5.74, 6) is 0.116. The van der Waals surface area contributed by atoms with E-state index in [2.05, 4.69) is 30.0 Å². The van der Waals surface area contributed by atoms with Gasteiger partial charge in [-0.25, -0.2) is 0 Å². The number of nitrogens with two attached hydrogens (primary N) is 1. The van der Waals surface area contributed by atoms with Gasteiger partial charge in [-0.1, -0.05) is 18.2 Å². The van der Waals surface area contributed by atoms with Crippen molar-refractivity contribution in [2.75, 3.05) is 32.9 Å². The fraction of sp³-hybridized carbons (Fsp3) is 0.304. The van der Waals surface area contributed by atoms with Gasteiger partial charge in [-0.05, 0) is 68.4 Å². The first-order valence-electron chi connectivity index (χ1n) is 9.73. The second-order valence-electron chi connectivity index (χ2n) is 7.72. The molecule has 4 rings (SSSR count). The number of piperidine rings is 1. The van der Waals surface area contributed by atoms with Gasteiger partial charge < -0.3 is 15.5 Å². The molecule has 2 N–H and O–H groups in total. The van der Waals surface area contributed by atoms with E-state index in [9.17, 15) is 4.79 Å². The lowest BCUT2D eigenvalue weighted by atomic mass is 10.00. The fourth-order valence-electron chi connectivity index (χ4n) is 3.90. The maximum absolute atomic E-state index is 12.9. The van der Waals surface area contributed by atoms with Gasteiger partial charge in [-0.2, -0.15) is 0 Å². The minimum absolute atomic E-state index is 0.116. The fourth-order valence-corrected chi connectivity index (χ4v) is 3.90. The highest BCUT2D eigenvalue weighted by Crippen LogP contribution is 2.27. The van der Waals surface area contributed by atoms with E-state index in [0.29, 0.717) is 6.04 Å². The minimum Gasteiger partial charge on any atom is -0.398 e. The van der Waals surface area contributed by atoms with Gasteiger partial charge >= 0.3 is 0 Å². The van der Waals surface area contributed by atoms with Crippen LogP contribution in [0.3, 0.4) is 0 Å². The molecule has 3 aromatic rings. The smallest absolute Gasteiger partial charge is 0.253 e. The summed E-state index contributed by atoms with van der Waals surface area (Å²) in [4.78, 5) is 21.5. The van der Waals surface area contributed by atoms with Crippen molar-refractivity contribution in [2.45, 2.75) is 18.9 Å². The second kappa shape index (κ2) is 7.60. The van der Waals surface area contributed by atoms with E-state index >= 15 is 0 Å². The van der Waals surface area contributed by atoms with Crippen molar-refractivity contribution in [1.82, 2.24) is 14.8 Å². The maximum atomic E-state index is 12.9. The molecule has 1 aliphatic heterocycles. The van der Waals surface area contributed by atoms with Crippen molar-refractivity contribution in [3.63, 3.8) is 0 Å². The van der Waals surface area contributed by atoms with Crippen molar-refractivity contribution in [3.05, 3.63) is 60.3 Å². The Morgan fingerprint density at radius 1 is 1.11 bits per heavy atom. The molecule has 0 bridgehead atoms. The van der Waals surface area contributed by atoms with Crippen LogP contribution in [0.2, 0.25) is 0 Å². The molecule has 0 radical (unpaired) electrons. The number of carbonyl (C=O) groups is 1. The highest BCUT2D eigenvalue weighted by Gasteiger charge is 2.25. The molecule has 0 saturated carbocycles. The number of hydrogen-bond donors (Lipinski definition) is 1. The number of aromatic nitrogens is 1. The number of carbonyl (C=O) groups excluding carboxylic acids is 1. The second-order valence-corrected chi connectivity index (χ2v) is 7.72. The van der Waals surface area contributed by atoms with E-state index < -0.39 is 0 Å². The summed E-state index contributed by atoms with van der Waals surface area (Å²) in [6.07, 6.45) is 3.92. The molecule has 1 saturated heterocycles. The van der Waals surface area contributed by atoms with E-state index in [1.807, 2.05) is 47.4 Å². The minimum atomic E-state index is 0.116. The van der Waals surface area contributed by atoms with Gasteiger partial charge in [0.15, 0.2) is 0 Å². The molecule has 0 spiro atoms. The van der Waals surface area contributed by atoms with Crippen LogP contribution < -0.4 is 5.73 Å². The number of likely N-dealkylation sites (tertiary alicyclic amines) is 1. The van der Waals surface area contributed by atoms with Crippen molar-refractivity contribution in [1.29, 1.82) is 0 Å². The van der Waals surface area contributed by atoms with Crippen LogP contribution in [0.4, 0.5) is 5.69 Å². The lowest BCUT2D eigenvalue weighted by molar-refractivity contribution is 0.0635. The summed E-state index contributed by atoms with van der Waals surface area (Å²) >= 11 is 0. The number of amides is 1. The highest BCUT2D eigenvalue weighted by atomic mass is 16.2. The molecule has 1 atom stereocenters. The molecule has 0 aliphatic carbocycles. The van der Waals surface area contributed by atoms with Crippen LogP contribution in [0, 0.1) is 0 Å². The van der Waals surface area contributed by atoms with E-state index in [1.165, 1.54) is 0 Å². The molecule has 2 heterocycles. The average molecular weight is 374 g/mol. The summed E-state index contributed by atoms with van der Waals surface area (Å²) < 4.78 is 0. The van der Waals surface area contributed by atoms with Crippen LogP contribution in [-0.4, -0.2) is 53.9 Å². The topological polar surface area (TPSA) is 62.5 Å². The first-order valence-corrected chi connectivity index (χ1v) is 9.73. The van der Waals surface area contributed by atoms with Crippen molar-refractivity contribution in [3.8, 4) is 11.1 Å². The first kappa shape index (κ1) is 18.4. The number of rotatable bonds is 3. The van der Waals surface area contributed by atoms with Crippen LogP contribution >= 0.6 is 0 Å². The molecule has 0 unspecified atom stereocenters. The molecule has 144 valence electrons. The van der Waals surface area contributed by atoms with E-state index in [-0.39, 0.29) is 5.91 Å². The molecular weight excluding hydrogens is 348 g/mol. The van der Waals surface area contributed by atoms with Gasteiger partial charge in [0.2, 0.25) is 0 Å². The number of pyridine rings is 1. The van der Waals surface area contributed by atoms with Crippen LogP contribution in [-0.2, 0) is 0 Å². The molecule has 28 heavy (non-hydrogen) atoms. The lowest BCUT2D eigenvalue weighted by Crippen LogP contribution is -2.47.